The van der Waals surface area contributed by atoms with Gasteiger partial charge in [0.25, 0.3) is 0 Å². The standard InChI is InChI=1S/C18H18N6O3/c25-16-14-3-5-19-8-15(14)21-18(22-16)27-13-7-20-24(10-13)12-4-6-23(9-12)17(26)11-1-2-11/h3,5,7-8,10-12H,1-2,4,6,9H2,(H,21,22,25)/t12-/m0/s1. The molecule has 1 N–H and O–H groups in total. The predicted octanol–water partition coefficient (Wildman–Crippen LogP) is 1.90. The molecular weight excluding hydrogens is 348 g/mol. The lowest BCUT2D eigenvalue weighted by atomic mass is 10.3. The van der Waals surface area contributed by atoms with Crippen molar-refractivity contribution in [2.75, 3.05) is 13.1 Å². The molecule has 1 aliphatic carbocycles. The van der Waals surface area contributed by atoms with Crippen molar-refractivity contribution < 1.29 is 14.6 Å². The molecule has 1 saturated heterocycles. The number of likely N-dealkylation sites (tertiary alicyclic amines) is 1. The van der Waals surface area contributed by atoms with Crippen LogP contribution in [-0.2, 0) is 4.79 Å². The molecule has 138 valence electrons. The zero-order valence-corrected chi connectivity index (χ0v) is 14.5. The van der Waals surface area contributed by atoms with E-state index in [-0.39, 0.29) is 29.8 Å². The Labute approximate surface area is 154 Å². The molecule has 1 atom stereocenters. The van der Waals surface area contributed by atoms with Crippen molar-refractivity contribution in [3.8, 4) is 17.6 Å². The average molecular weight is 366 g/mol. The maximum atomic E-state index is 12.2. The summed E-state index contributed by atoms with van der Waals surface area (Å²) < 4.78 is 7.47. The number of ether oxygens (including phenoxy) is 1. The molecule has 0 spiro atoms. The minimum atomic E-state index is -0.158. The van der Waals surface area contributed by atoms with Crippen molar-refractivity contribution in [3.05, 3.63) is 30.9 Å². The summed E-state index contributed by atoms with van der Waals surface area (Å²) in [7, 11) is 0. The zero-order chi connectivity index (χ0) is 18.4. The lowest BCUT2D eigenvalue weighted by Crippen LogP contribution is -2.30. The Hall–Kier alpha value is -3.23. The number of hydrogen-bond acceptors (Lipinski definition) is 7. The van der Waals surface area contributed by atoms with E-state index >= 15 is 0 Å². The summed E-state index contributed by atoms with van der Waals surface area (Å²) in [4.78, 5) is 26.3. The summed E-state index contributed by atoms with van der Waals surface area (Å²) in [6.45, 7) is 1.44. The number of aromatic hydroxyl groups is 1. The van der Waals surface area contributed by atoms with Crippen LogP contribution in [0, 0.1) is 5.92 Å². The van der Waals surface area contributed by atoms with Crippen LogP contribution in [0.25, 0.3) is 10.9 Å². The van der Waals surface area contributed by atoms with E-state index in [1.807, 2.05) is 9.58 Å². The van der Waals surface area contributed by atoms with Gasteiger partial charge in [-0.15, -0.1) is 0 Å². The fourth-order valence-corrected chi connectivity index (χ4v) is 3.41. The van der Waals surface area contributed by atoms with Gasteiger partial charge < -0.3 is 14.7 Å². The summed E-state index contributed by atoms with van der Waals surface area (Å²) in [6.07, 6.45) is 9.37. The highest BCUT2D eigenvalue weighted by atomic mass is 16.5. The monoisotopic (exact) mass is 366 g/mol. The van der Waals surface area contributed by atoms with Gasteiger partial charge in [0.1, 0.15) is 0 Å². The van der Waals surface area contributed by atoms with E-state index in [4.69, 9.17) is 4.74 Å². The third kappa shape index (κ3) is 3.05. The maximum absolute atomic E-state index is 12.2. The topological polar surface area (TPSA) is 106 Å². The Morgan fingerprint density at radius 1 is 1.22 bits per heavy atom. The third-order valence-corrected chi connectivity index (χ3v) is 5.02. The van der Waals surface area contributed by atoms with Crippen LogP contribution in [0.3, 0.4) is 0 Å². The van der Waals surface area contributed by atoms with E-state index in [2.05, 4.69) is 20.1 Å². The number of carbonyl (C=O) groups is 1. The van der Waals surface area contributed by atoms with E-state index < -0.39 is 0 Å². The lowest BCUT2D eigenvalue weighted by Gasteiger charge is -2.16. The van der Waals surface area contributed by atoms with E-state index in [0.717, 1.165) is 25.8 Å². The summed E-state index contributed by atoms with van der Waals surface area (Å²) in [5.41, 5.74) is 0.498. The molecule has 0 unspecified atom stereocenters. The Balaban J connectivity index is 1.30. The Morgan fingerprint density at radius 2 is 2.11 bits per heavy atom. The van der Waals surface area contributed by atoms with Crippen LogP contribution in [0.1, 0.15) is 25.3 Å². The van der Waals surface area contributed by atoms with E-state index in [1.165, 1.54) is 6.20 Å². The van der Waals surface area contributed by atoms with E-state index in [1.54, 1.807) is 24.7 Å². The number of rotatable bonds is 4. The van der Waals surface area contributed by atoms with Gasteiger partial charge in [0.05, 0.1) is 35.5 Å². The van der Waals surface area contributed by atoms with Crippen LogP contribution in [0.5, 0.6) is 17.6 Å². The number of amides is 1. The number of hydrogen-bond donors (Lipinski definition) is 1. The molecule has 5 rings (SSSR count). The van der Waals surface area contributed by atoms with Gasteiger partial charge in [-0.25, -0.2) is 0 Å². The molecule has 0 aromatic carbocycles. The number of nitrogens with zero attached hydrogens (tertiary/aromatic N) is 6. The van der Waals surface area contributed by atoms with E-state index in [9.17, 15) is 9.90 Å². The maximum Gasteiger partial charge on any atom is 0.326 e. The predicted molar refractivity (Wildman–Crippen MR) is 94.3 cm³/mol. The first-order chi connectivity index (χ1) is 13.2. The van der Waals surface area contributed by atoms with Gasteiger partial charge in [-0.3, -0.25) is 14.5 Å². The molecule has 2 aliphatic rings. The molecule has 4 heterocycles. The molecule has 27 heavy (non-hydrogen) atoms. The molecule has 9 heteroatoms. The number of aromatic nitrogens is 5. The van der Waals surface area contributed by atoms with Crippen molar-refractivity contribution in [1.82, 2.24) is 29.6 Å². The molecule has 9 nitrogen and oxygen atoms in total. The van der Waals surface area contributed by atoms with Gasteiger partial charge in [-0.1, -0.05) is 0 Å². The minimum Gasteiger partial charge on any atom is -0.493 e. The van der Waals surface area contributed by atoms with Crippen molar-refractivity contribution in [2.45, 2.75) is 25.3 Å². The summed E-state index contributed by atoms with van der Waals surface area (Å²) in [5, 5.41) is 14.9. The summed E-state index contributed by atoms with van der Waals surface area (Å²) in [5.74, 6) is 0.835. The van der Waals surface area contributed by atoms with Gasteiger partial charge in [-0.05, 0) is 25.3 Å². The molecule has 0 bridgehead atoms. The second-order valence-corrected chi connectivity index (χ2v) is 6.98. The van der Waals surface area contributed by atoms with Crippen molar-refractivity contribution in [1.29, 1.82) is 0 Å². The van der Waals surface area contributed by atoms with Crippen LogP contribution in [-0.4, -0.2) is 53.7 Å². The van der Waals surface area contributed by atoms with Gasteiger partial charge in [0.2, 0.25) is 11.8 Å². The Bertz CT molecular complexity index is 1020. The number of pyridine rings is 1. The molecule has 1 saturated carbocycles. The van der Waals surface area contributed by atoms with Crippen LogP contribution in [0.2, 0.25) is 0 Å². The second-order valence-electron chi connectivity index (χ2n) is 6.98. The molecule has 3 aromatic rings. The zero-order valence-electron chi connectivity index (χ0n) is 14.5. The van der Waals surface area contributed by atoms with Crippen molar-refractivity contribution in [3.63, 3.8) is 0 Å². The second kappa shape index (κ2) is 6.19. The molecule has 1 amide bonds. The Kier molecular flexibility index (Phi) is 3.66. The smallest absolute Gasteiger partial charge is 0.326 e. The van der Waals surface area contributed by atoms with Crippen LogP contribution in [0.4, 0.5) is 0 Å². The fraction of sp³-hybridized carbons (Fsp3) is 0.389. The first kappa shape index (κ1) is 16.0. The molecule has 2 fully saturated rings. The van der Waals surface area contributed by atoms with Crippen LogP contribution in [0.15, 0.2) is 30.9 Å². The first-order valence-electron chi connectivity index (χ1n) is 8.99. The Morgan fingerprint density at radius 3 is 2.96 bits per heavy atom. The van der Waals surface area contributed by atoms with Crippen molar-refractivity contribution in [2.24, 2.45) is 5.92 Å². The fourth-order valence-electron chi connectivity index (χ4n) is 3.41. The number of fused-ring (bicyclic) bond motifs is 1. The quantitative estimate of drug-likeness (QED) is 0.751. The van der Waals surface area contributed by atoms with Gasteiger partial charge >= 0.3 is 6.01 Å². The normalized spacial score (nSPS) is 19.6. The van der Waals surface area contributed by atoms with Crippen molar-refractivity contribution >= 4 is 16.8 Å². The highest BCUT2D eigenvalue weighted by Crippen LogP contribution is 2.34. The lowest BCUT2D eigenvalue weighted by molar-refractivity contribution is -0.131. The first-order valence-corrected chi connectivity index (χ1v) is 8.99. The molecular formula is C18H18N6O3. The summed E-state index contributed by atoms with van der Waals surface area (Å²) in [6, 6.07) is 1.81. The largest absolute Gasteiger partial charge is 0.493 e. The SMILES string of the molecule is O=C(C1CC1)N1CC[C@H](n2cc(Oc3nc(O)c4ccncc4n3)cn2)C1. The van der Waals surface area contributed by atoms with Crippen LogP contribution >= 0.6 is 0 Å². The van der Waals surface area contributed by atoms with E-state index in [0.29, 0.717) is 23.2 Å². The number of carbonyl (C=O) groups excluding carboxylic acids is 1. The molecule has 1 aliphatic heterocycles. The minimum absolute atomic E-state index is 0.0320. The van der Waals surface area contributed by atoms with Gasteiger partial charge in [-0.2, -0.15) is 15.1 Å². The highest BCUT2D eigenvalue weighted by Gasteiger charge is 2.37. The third-order valence-electron chi connectivity index (χ3n) is 5.02. The van der Waals surface area contributed by atoms with Crippen LogP contribution < -0.4 is 4.74 Å². The molecule has 3 aromatic heterocycles. The average Bonchev–Trinajstić information content (AvgIpc) is 3.22. The van der Waals surface area contributed by atoms with Gasteiger partial charge in [0.15, 0.2) is 5.75 Å². The van der Waals surface area contributed by atoms with Gasteiger partial charge in [0, 0.05) is 25.2 Å². The summed E-state index contributed by atoms with van der Waals surface area (Å²) >= 11 is 0. The highest BCUT2D eigenvalue weighted by molar-refractivity contribution is 5.82. The molecule has 0 radical (unpaired) electrons.